The molecular weight excluding hydrogens is 192 g/mol. The molecule has 0 radical (unpaired) electrons. The molecule has 0 N–H and O–H groups in total. The number of aromatic nitrogens is 1. The highest BCUT2D eigenvalue weighted by atomic mass is 16.3. The Labute approximate surface area is 87.0 Å². The fourth-order valence-corrected chi connectivity index (χ4v) is 1.38. The summed E-state index contributed by atoms with van der Waals surface area (Å²) in [5.41, 5.74) is 1.55. The van der Waals surface area contributed by atoms with E-state index in [1.165, 1.54) is 6.26 Å². The fraction of sp³-hybridized carbons (Fsp3) is 0.182. The number of nitrogens with zero attached hydrogens (tertiary/aromatic N) is 2. The van der Waals surface area contributed by atoms with Crippen LogP contribution in [0.1, 0.15) is 18.7 Å². The van der Waals surface area contributed by atoms with E-state index in [0.29, 0.717) is 11.6 Å². The summed E-state index contributed by atoms with van der Waals surface area (Å²) in [6.45, 7) is 0. The van der Waals surface area contributed by atoms with Crippen LogP contribution in [0, 0.1) is 4.91 Å². The van der Waals surface area contributed by atoms with Crippen molar-refractivity contribution in [2.45, 2.75) is 12.8 Å². The van der Waals surface area contributed by atoms with E-state index in [4.69, 9.17) is 4.42 Å². The molecule has 0 bridgehead atoms. The topological polar surface area (TPSA) is 55.5 Å². The zero-order valence-corrected chi connectivity index (χ0v) is 8.09. The van der Waals surface area contributed by atoms with Crippen LogP contribution in [0.5, 0.6) is 0 Å². The summed E-state index contributed by atoms with van der Waals surface area (Å²) < 4.78 is 5.05. The van der Waals surface area contributed by atoms with Gasteiger partial charge < -0.3 is 4.42 Å². The first-order valence-electron chi connectivity index (χ1n) is 4.70. The monoisotopic (exact) mass is 202 g/mol. The first kappa shape index (κ1) is 9.58. The molecule has 0 unspecified atom stereocenters. The van der Waals surface area contributed by atoms with Crippen molar-refractivity contribution in [1.82, 2.24) is 4.98 Å². The minimum atomic E-state index is 0.551. The quantitative estimate of drug-likeness (QED) is 0.708. The fourth-order valence-electron chi connectivity index (χ4n) is 1.38. The summed E-state index contributed by atoms with van der Waals surface area (Å²) in [5, 5.41) is 2.94. The minimum absolute atomic E-state index is 0.551. The number of hydrogen-bond donors (Lipinski definition) is 0. The van der Waals surface area contributed by atoms with E-state index in [1.807, 2.05) is 12.2 Å². The number of allylic oxidation sites excluding steroid dienone is 5. The van der Waals surface area contributed by atoms with Gasteiger partial charge in [-0.25, -0.2) is 4.98 Å². The second-order valence-corrected chi connectivity index (χ2v) is 3.17. The van der Waals surface area contributed by atoms with Gasteiger partial charge in [-0.15, -0.1) is 4.91 Å². The molecule has 1 aromatic heterocycles. The van der Waals surface area contributed by atoms with E-state index >= 15 is 0 Å². The Balaban J connectivity index is 2.10. The third kappa shape index (κ3) is 2.49. The lowest BCUT2D eigenvalue weighted by molar-refractivity contribution is 0.546. The zero-order chi connectivity index (χ0) is 10.5. The molecule has 1 aromatic rings. The lowest BCUT2D eigenvalue weighted by Gasteiger charge is -2.03. The van der Waals surface area contributed by atoms with E-state index in [2.05, 4.69) is 10.2 Å². The van der Waals surface area contributed by atoms with Gasteiger partial charge in [0.05, 0.1) is 11.9 Å². The Hall–Kier alpha value is -1.97. The maximum Gasteiger partial charge on any atom is 0.218 e. The van der Waals surface area contributed by atoms with E-state index < -0.39 is 0 Å². The molecule has 0 amide bonds. The number of nitroso groups, excluding NO2 is 1. The molecular formula is C11H10N2O2. The first-order valence-corrected chi connectivity index (χ1v) is 4.70. The number of rotatable bonds is 3. The summed E-state index contributed by atoms with van der Waals surface area (Å²) in [7, 11) is 0. The van der Waals surface area contributed by atoms with Gasteiger partial charge in [-0.05, 0) is 35.7 Å². The van der Waals surface area contributed by atoms with Crippen molar-refractivity contribution in [1.29, 1.82) is 0 Å². The Morgan fingerprint density at radius 2 is 2.40 bits per heavy atom. The highest BCUT2D eigenvalue weighted by molar-refractivity contribution is 5.49. The van der Waals surface area contributed by atoms with Crippen LogP contribution in [-0.2, 0) is 0 Å². The Kier molecular flexibility index (Phi) is 2.88. The van der Waals surface area contributed by atoms with Crippen molar-refractivity contribution in [2.75, 3.05) is 0 Å². The van der Waals surface area contributed by atoms with Crippen molar-refractivity contribution in [3.8, 4) is 0 Å². The molecule has 0 aliphatic heterocycles. The largest absolute Gasteiger partial charge is 0.445 e. The lowest BCUT2D eigenvalue weighted by Crippen LogP contribution is -1.87. The highest BCUT2D eigenvalue weighted by Crippen LogP contribution is 2.19. The summed E-state index contributed by atoms with van der Waals surface area (Å²) in [6, 6.07) is 0. The maximum atomic E-state index is 10.3. The molecule has 1 aliphatic rings. The highest BCUT2D eigenvalue weighted by Gasteiger charge is 2.03. The minimum Gasteiger partial charge on any atom is -0.445 e. The molecule has 0 spiro atoms. The average Bonchev–Trinajstić information content (AvgIpc) is 2.79. The summed E-state index contributed by atoms with van der Waals surface area (Å²) in [5.74, 6) is 0.551. The van der Waals surface area contributed by atoms with Crippen LogP contribution in [-0.4, -0.2) is 4.98 Å². The van der Waals surface area contributed by atoms with Crippen LogP contribution < -0.4 is 0 Å². The van der Waals surface area contributed by atoms with Gasteiger partial charge in [0.2, 0.25) is 5.89 Å². The van der Waals surface area contributed by atoms with Gasteiger partial charge >= 0.3 is 0 Å². The average molecular weight is 202 g/mol. The van der Waals surface area contributed by atoms with Crippen LogP contribution in [0.15, 0.2) is 51.6 Å². The van der Waals surface area contributed by atoms with Crippen LogP contribution in [0.25, 0.3) is 6.08 Å². The SMILES string of the molecule is O=NC1=CC(/C=C/c2ncco2)=CCC1. The van der Waals surface area contributed by atoms with E-state index in [9.17, 15) is 4.91 Å². The Bertz CT molecular complexity index is 427. The normalized spacial score (nSPS) is 16.3. The molecule has 76 valence electrons. The molecule has 0 saturated heterocycles. The van der Waals surface area contributed by atoms with Crippen molar-refractivity contribution < 1.29 is 4.42 Å². The van der Waals surface area contributed by atoms with E-state index in [-0.39, 0.29) is 0 Å². The lowest BCUT2D eigenvalue weighted by atomic mass is 10.0. The Morgan fingerprint density at radius 1 is 1.47 bits per heavy atom. The molecule has 1 aliphatic carbocycles. The molecule has 15 heavy (non-hydrogen) atoms. The van der Waals surface area contributed by atoms with E-state index in [0.717, 1.165) is 18.4 Å². The molecule has 1 heterocycles. The molecule has 2 rings (SSSR count). The van der Waals surface area contributed by atoms with Gasteiger partial charge in [-0.3, -0.25) is 0 Å². The van der Waals surface area contributed by atoms with Crippen LogP contribution in [0.3, 0.4) is 0 Å². The standard InChI is InChI=1S/C11H10N2O2/c14-13-10-3-1-2-9(8-10)4-5-11-12-6-7-15-11/h2,4-8H,1,3H2/b5-4+. The second-order valence-electron chi connectivity index (χ2n) is 3.17. The second kappa shape index (κ2) is 4.50. The predicted octanol–water partition coefficient (Wildman–Crippen LogP) is 3.06. The van der Waals surface area contributed by atoms with Gasteiger partial charge in [0, 0.05) is 6.08 Å². The smallest absolute Gasteiger partial charge is 0.218 e. The van der Waals surface area contributed by atoms with Crippen LogP contribution >= 0.6 is 0 Å². The van der Waals surface area contributed by atoms with Gasteiger partial charge in [0.25, 0.3) is 0 Å². The third-order valence-electron chi connectivity index (χ3n) is 2.10. The molecule has 4 nitrogen and oxygen atoms in total. The first-order chi connectivity index (χ1) is 7.38. The third-order valence-corrected chi connectivity index (χ3v) is 2.10. The van der Waals surface area contributed by atoms with Gasteiger partial charge in [0.15, 0.2) is 0 Å². The number of hydrogen-bond acceptors (Lipinski definition) is 4. The summed E-state index contributed by atoms with van der Waals surface area (Å²) in [6.07, 6.45) is 12.1. The van der Waals surface area contributed by atoms with Crippen molar-refractivity contribution in [3.63, 3.8) is 0 Å². The summed E-state index contributed by atoms with van der Waals surface area (Å²) >= 11 is 0. The molecule has 0 fully saturated rings. The molecule has 0 aromatic carbocycles. The predicted molar refractivity (Wildman–Crippen MR) is 56.7 cm³/mol. The zero-order valence-electron chi connectivity index (χ0n) is 8.09. The van der Waals surface area contributed by atoms with Gasteiger partial charge in [-0.1, -0.05) is 6.08 Å². The van der Waals surface area contributed by atoms with E-state index in [1.54, 1.807) is 18.3 Å². The molecule has 4 heteroatoms. The van der Waals surface area contributed by atoms with Crippen LogP contribution in [0.4, 0.5) is 0 Å². The number of oxazole rings is 1. The van der Waals surface area contributed by atoms with Crippen LogP contribution in [0.2, 0.25) is 0 Å². The molecule has 0 saturated carbocycles. The Morgan fingerprint density at radius 3 is 3.13 bits per heavy atom. The van der Waals surface area contributed by atoms with Gasteiger partial charge in [-0.2, -0.15) is 0 Å². The maximum absolute atomic E-state index is 10.3. The van der Waals surface area contributed by atoms with Crippen molar-refractivity contribution >= 4 is 6.08 Å². The van der Waals surface area contributed by atoms with Crippen molar-refractivity contribution in [2.24, 2.45) is 5.18 Å². The summed E-state index contributed by atoms with van der Waals surface area (Å²) in [4.78, 5) is 14.3. The van der Waals surface area contributed by atoms with Crippen molar-refractivity contribution in [3.05, 3.63) is 52.8 Å². The van der Waals surface area contributed by atoms with Gasteiger partial charge in [0.1, 0.15) is 6.26 Å². The molecule has 0 atom stereocenters.